The van der Waals surface area contributed by atoms with Crippen molar-refractivity contribution < 1.29 is 26.1 Å². The number of aromatic nitrogens is 1. The minimum atomic E-state index is -4.66. The van der Waals surface area contributed by atoms with Gasteiger partial charge in [0.1, 0.15) is 10.6 Å². The lowest BCUT2D eigenvalue weighted by Gasteiger charge is -2.12. The van der Waals surface area contributed by atoms with Crippen LogP contribution in [0.15, 0.2) is 39.8 Å². The van der Waals surface area contributed by atoms with Crippen LogP contribution >= 0.6 is 11.3 Å². The molecule has 0 aliphatic rings. The first-order valence-electron chi connectivity index (χ1n) is 7.73. The molecule has 0 saturated heterocycles. The molecule has 2 heterocycles. The fourth-order valence-electron chi connectivity index (χ4n) is 2.55. The zero-order chi connectivity index (χ0) is 20.0. The summed E-state index contributed by atoms with van der Waals surface area (Å²) < 4.78 is 70.5. The number of nitrogens with zero attached hydrogens (tertiary/aromatic N) is 1. The lowest BCUT2D eigenvalue weighted by Crippen LogP contribution is -2.14. The van der Waals surface area contributed by atoms with Crippen LogP contribution in [0.2, 0.25) is 0 Å². The number of hydrogen-bond acceptors (Lipinski definition) is 5. The number of para-hydroxylation sites is 1. The van der Waals surface area contributed by atoms with Crippen molar-refractivity contribution in [2.75, 3.05) is 4.72 Å². The first kappa shape index (κ1) is 19.4. The van der Waals surface area contributed by atoms with E-state index in [9.17, 15) is 21.6 Å². The van der Waals surface area contributed by atoms with Gasteiger partial charge in [0.15, 0.2) is 0 Å². The molecule has 2 aromatic heterocycles. The maximum absolute atomic E-state index is 12.8. The summed E-state index contributed by atoms with van der Waals surface area (Å²) in [5.74, 6) is -1.23. The molecule has 0 aliphatic carbocycles. The van der Waals surface area contributed by atoms with E-state index in [-0.39, 0.29) is 15.5 Å². The summed E-state index contributed by atoms with van der Waals surface area (Å²) >= 11 is 1.03. The highest BCUT2D eigenvalue weighted by atomic mass is 32.2. The van der Waals surface area contributed by atoms with E-state index in [2.05, 4.69) is 14.4 Å². The lowest BCUT2D eigenvalue weighted by molar-refractivity contribution is -0.155. The van der Waals surface area contributed by atoms with E-state index >= 15 is 0 Å². The average molecular weight is 416 g/mol. The molecule has 27 heavy (non-hydrogen) atoms. The highest BCUT2D eigenvalue weighted by molar-refractivity contribution is 7.93. The fourth-order valence-corrected chi connectivity index (χ4v) is 5.30. The largest absolute Gasteiger partial charge is 0.452 e. The predicted octanol–water partition coefficient (Wildman–Crippen LogP) is 5.15. The molecule has 0 fully saturated rings. The normalized spacial score (nSPS) is 12.4. The third-order valence-electron chi connectivity index (χ3n) is 3.92. The number of halogens is 3. The van der Waals surface area contributed by atoms with Gasteiger partial charge in [-0.25, -0.2) is 8.42 Å². The summed E-state index contributed by atoms with van der Waals surface area (Å²) in [6, 6.07) is 7.43. The second kappa shape index (κ2) is 6.68. The van der Waals surface area contributed by atoms with Crippen LogP contribution in [0.4, 0.5) is 18.9 Å². The van der Waals surface area contributed by atoms with Crippen molar-refractivity contribution in [3.05, 3.63) is 52.1 Å². The summed E-state index contributed by atoms with van der Waals surface area (Å²) in [5, 5.41) is 3.40. The first-order valence-corrected chi connectivity index (χ1v) is 10.0. The Morgan fingerprint density at radius 2 is 1.74 bits per heavy atom. The Bertz CT molecular complexity index is 1080. The van der Waals surface area contributed by atoms with Crippen LogP contribution in [0.25, 0.3) is 10.6 Å². The molecular weight excluding hydrogens is 401 g/mol. The molecule has 0 atom stereocenters. The second-order valence-corrected chi connectivity index (χ2v) is 8.88. The Labute approximate surface area is 157 Å². The molecule has 1 aromatic carbocycles. The SMILES string of the molecule is Cc1cccc(C)c1NS(=O)(=O)c1cc(-c2cc(C(F)(F)F)on2)sc1C. The molecule has 5 nitrogen and oxygen atoms in total. The highest BCUT2D eigenvalue weighted by Crippen LogP contribution is 2.37. The van der Waals surface area contributed by atoms with E-state index in [1.165, 1.54) is 6.07 Å². The molecule has 0 spiro atoms. The van der Waals surface area contributed by atoms with E-state index < -0.39 is 22.0 Å². The summed E-state index contributed by atoms with van der Waals surface area (Å²) in [6.07, 6.45) is -4.66. The van der Waals surface area contributed by atoms with Crippen LogP contribution in [0, 0.1) is 20.8 Å². The van der Waals surface area contributed by atoms with Crippen LogP contribution < -0.4 is 4.72 Å². The van der Waals surface area contributed by atoms with E-state index in [1.807, 2.05) is 6.07 Å². The van der Waals surface area contributed by atoms with Crippen molar-refractivity contribution in [3.63, 3.8) is 0 Å². The zero-order valence-corrected chi connectivity index (χ0v) is 16.1. The molecule has 1 N–H and O–H groups in total. The average Bonchev–Trinajstić information content (AvgIpc) is 3.17. The molecule has 0 unspecified atom stereocenters. The van der Waals surface area contributed by atoms with Gasteiger partial charge in [-0.05, 0) is 38.0 Å². The smallest absolute Gasteiger partial charge is 0.351 e. The molecule has 0 radical (unpaired) electrons. The molecule has 3 rings (SSSR count). The summed E-state index contributed by atoms with van der Waals surface area (Å²) in [5.41, 5.74) is 1.94. The molecule has 144 valence electrons. The second-order valence-electron chi connectivity index (χ2n) is 5.98. The maximum atomic E-state index is 12.8. The number of thiophene rings is 1. The highest BCUT2D eigenvalue weighted by Gasteiger charge is 2.36. The quantitative estimate of drug-likeness (QED) is 0.639. The maximum Gasteiger partial charge on any atom is 0.452 e. The van der Waals surface area contributed by atoms with Crippen molar-refractivity contribution in [3.8, 4) is 10.6 Å². The number of aryl methyl sites for hydroxylation is 3. The van der Waals surface area contributed by atoms with Crippen molar-refractivity contribution >= 4 is 27.0 Å². The monoisotopic (exact) mass is 416 g/mol. The predicted molar refractivity (Wildman–Crippen MR) is 96.3 cm³/mol. The van der Waals surface area contributed by atoms with E-state index in [1.54, 1.807) is 32.9 Å². The Morgan fingerprint density at radius 1 is 1.11 bits per heavy atom. The molecule has 0 bridgehead atoms. The standard InChI is InChI=1S/C17H15F3N2O3S2/c1-9-5-4-6-10(2)16(9)22-27(23,24)14-8-13(26-11(14)3)12-7-15(25-21-12)17(18,19)20/h4-8,22H,1-3H3. The topological polar surface area (TPSA) is 72.2 Å². The third kappa shape index (κ3) is 3.86. The van der Waals surface area contributed by atoms with Gasteiger partial charge in [0.2, 0.25) is 5.76 Å². The summed E-state index contributed by atoms with van der Waals surface area (Å²) in [7, 11) is -3.92. The van der Waals surface area contributed by atoms with Crippen molar-refractivity contribution in [2.45, 2.75) is 31.8 Å². The lowest BCUT2D eigenvalue weighted by atomic mass is 10.1. The number of rotatable bonds is 4. The summed E-state index contributed by atoms with van der Waals surface area (Å²) in [6.45, 7) is 5.15. The molecule has 0 saturated carbocycles. The van der Waals surface area contributed by atoms with Crippen LogP contribution in [0.3, 0.4) is 0 Å². The number of nitrogens with one attached hydrogen (secondary N) is 1. The van der Waals surface area contributed by atoms with Gasteiger partial charge in [-0.1, -0.05) is 23.4 Å². The molecule has 10 heteroatoms. The van der Waals surface area contributed by atoms with Crippen LogP contribution in [-0.4, -0.2) is 13.6 Å². The number of anilines is 1. The molecule has 3 aromatic rings. The minimum absolute atomic E-state index is 0.0123. The van der Waals surface area contributed by atoms with Gasteiger partial charge >= 0.3 is 6.18 Å². The molecular formula is C17H15F3N2O3S2. The van der Waals surface area contributed by atoms with Gasteiger partial charge < -0.3 is 4.52 Å². The van der Waals surface area contributed by atoms with Crippen molar-refractivity contribution in [1.29, 1.82) is 0 Å². The van der Waals surface area contributed by atoms with Gasteiger partial charge in [0, 0.05) is 10.9 Å². The number of alkyl halides is 3. The Balaban J connectivity index is 1.97. The van der Waals surface area contributed by atoms with Crippen molar-refractivity contribution in [1.82, 2.24) is 5.16 Å². The number of benzene rings is 1. The van der Waals surface area contributed by atoms with Crippen molar-refractivity contribution in [2.24, 2.45) is 0 Å². The summed E-state index contributed by atoms with van der Waals surface area (Å²) in [4.78, 5) is 0.690. The minimum Gasteiger partial charge on any atom is -0.351 e. The van der Waals surface area contributed by atoms with Gasteiger partial charge in [-0.15, -0.1) is 11.3 Å². The van der Waals surface area contributed by atoms with Gasteiger partial charge in [-0.2, -0.15) is 13.2 Å². The Kier molecular flexibility index (Phi) is 4.81. The number of hydrogen-bond donors (Lipinski definition) is 1. The van der Waals surface area contributed by atoms with Crippen LogP contribution in [0.5, 0.6) is 0 Å². The fraction of sp³-hybridized carbons (Fsp3) is 0.235. The Morgan fingerprint density at radius 3 is 2.30 bits per heavy atom. The van der Waals surface area contributed by atoms with E-state index in [4.69, 9.17) is 0 Å². The first-order chi connectivity index (χ1) is 12.5. The van der Waals surface area contributed by atoms with Crippen LogP contribution in [0.1, 0.15) is 21.8 Å². The zero-order valence-electron chi connectivity index (χ0n) is 14.5. The van der Waals surface area contributed by atoms with E-state index in [0.29, 0.717) is 10.6 Å². The molecule has 0 amide bonds. The Hall–Kier alpha value is -2.33. The van der Waals surface area contributed by atoms with Gasteiger partial charge in [-0.3, -0.25) is 4.72 Å². The van der Waals surface area contributed by atoms with Crippen LogP contribution in [-0.2, 0) is 16.2 Å². The van der Waals surface area contributed by atoms with Gasteiger partial charge in [0.25, 0.3) is 10.0 Å². The number of sulfonamides is 1. The third-order valence-corrected chi connectivity index (χ3v) is 6.60. The molecule has 0 aliphatic heterocycles. The van der Waals surface area contributed by atoms with Gasteiger partial charge in [0.05, 0.1) is 10.6 Å². The van der Waals surface area contributed by atoms with E-state index in [0.717, 1.165) is 28.5 Å².